The number of carbonyl (C=O) groups is 1. The number of hydrogen-bond acceptors (Lipinski definition) is 4. The van der Waals surface area contributed by atoms with Gasteiger partial charge in [-0.2, -0.15) is 0 Å². The van der Waals surface area contributed by atoms with Crippen molar-refractivity contribution in [3.63, 3.8) is 0 Å². The summed E-state index contributed by atoms with van der Waals surface area (Å²) in [4.78, 5) is 10.9. The molecule has 0 radical (unpaired) electrons. The van der Waals surface area contributed by atoms with E-state index in [0.29, 0.717) is 25.1 Å². The predicted molar refractivity (Wildman–Crippen MR) is 71.6 cm³/mol. The van der Waals surface area contributed by atoms with Gasteiger partial charge in [-0.3, -0.25) is 4.79 Å². The number of aliphatic hydroxyl groups is 1. The van der Waals surface area contributed by atoms with E-state index in [9.17, 15) is 14.3 Å². The Morgan fingerprint density at radius 3 is 2.95 bits per heavy atom. The lowest BCUT2D eigenvalue weighted by molar-refractivity contribution is -0.0263. The van der Waals surface area contributed by atoms with Gasteiger partial charge in [-0.1, -0.05) is 6.07 Å². The molecule has 20 heavy (non-hydrogen) atoms. The second kappa shape index (κ2) is 5.87. The largest absolute Gasteiger partial charge is 0.386 e. The van der Waals surface area contributed by atoms with E-state index in [2.05, 4.69) is 5.32 Å². The van der Waals surface area contributed by atoms with Gasteiger partial charge in [0.05, 0.1) is 6.10 Å². The van der Waals surface area contributed by atoms with Crippen molar-refractivity contribution in [2.75, 3.05) is 13.2 Å². The van der Waals surface area contributed by atoms with Crippen LogP contribution >= 0.6 is 0 Å². The number of amides is 1. The lowest BCUT2D eigenvalue weighted by atomic mass is 9.96. The van der Waals surface area contributed by atoms with Crippen LogP contribution in [0.15, 0.2) is 18.2 Å². The zero-order valence-corrected chi connectivity index (χ0v) is 11.4. The highest BCUT2D eigenvalue weighted by Gasteiger charge is 2.38. The van der Waals surface area contributed by atoms with Gasteiger partial charge < -0.3 is 20.9 Å². The maximum absolute atomic E-state index is 13.7. The molecular weight excluding hydrogens is 263 g/mol. The minimum Gasteiger partial charge on any atom is -0.386 e. The van der Waals surface area contributed by atoms with Crippen molar-refractivity contribution in [3.05, 3.63) is 35.1 Å². The summed E-state index contributed by atoms with van der Waals surface area (Å²) in [6.07, 6.45) is 0.321. The number of rotatable bonds is 5. The minimum atomic E-state index is -0.913. The van der Waals surface area contributed by atoms with Gasteiger partial charge in [0, 0.05) is 37.2 Å². The normalized spacial score (nSPS) is 25.9. The Labute approximate surface area is 116 Å². The van der Waals surface area contributed by atoms with E-state index in [1.54, 1.807) is 0 Å². The van der Waals surface area contributed by atoms with Crippen LogP contribution in [0.25, 0.3) is 0 Å². The Bertz CT molecular complexity index is 509. The molecule has 1 heterocycles. The van der Waals surface area contributed by atoms with Crippen LogP contribution in [-0.4, -0.2) is 35.9 Å². The lowest BCUT2D eigenvalue weighted by Gasteiger charge is -2.26. The van der Waals surface area contributed by atoms with Crippen molar-refractivity contribution < 1.29 is 19.0 Å². The third kappa shape index (κ3) is 3.15. The fraction of sp³-hybridized carbons (Fsp3) is 0.500. The van der Waals surface area contributed by atoms with Crippen LogP contribution in [0.2, 0.25) is 0 Å². The maximum atomic E-state index is 13.7. The molecule has 1 amide bonds. The highest BCUT2D eigenvalue weighted by Crippen LogP contribution is 2.24. The molecule has 0 aliphatic carbocycles. The number of halogens is 1. The maximum Gasteiger partial charge on any atom is 0.248 e. The summed E-state index contributed by atoms with van der Waals surface area (Å²) < 4.78 is 19.1. The van der Waals surface area contributed by atoms with Crippen LogP contribution in [0, 0.1) is 5.82 Å². The van der Waals surface area contributed by atoms with Crippen LogP contribution in [0.1, 0.15) is 29.3 Å². The summed E-state index contributed by atoms with van der Waals surface area (Å²) in [5.41, 5.74) is 4.73. The predicted octanol–water partition coefficient (Wildman–Crippen LogP) is 0.554. The quantitative estimate of drug-likeness (QED) is 0.736. The van der Waals surface area contributed by atoms with E-state index >= 15 is 0 Å². The first kappa shape index (κ1) is 14.9. The van der Waals surface area contributed by atoms with Crippen LogP contribution in [-0.2, 0) is 11.3 Å². The van der Waals surface area contributed by atoms with Gasteiger partial charge in [0.2, 0.25) is 5.91 Å². The Hall–Kier alpha value is -1.50. The second-order valence-corrected chi connectivity index (χ2v) is 5.14. The molecule has 6 heteroatoms. The van der Waals surface area contributed by atoms with E-state index < -0.39 is 17.3 Å². The molecule has 0 bridgehead atoms. The van der Waals surface area contributed by atoms with Crippen LogP contribution in [0.5, 0.6) is 0 Å². The van der Waals surface area contributed by atoms with Gasteiger partial charge in [0.25, 0.3) is 0 Å². The molecule has 1 aliphatic heterocycles. The number of carbonyl (C=O) groups excluding carboxylic acids is 1. The summed E-state index contributed by atoms with van der Waals surface area (Å²) in [7, 11) is 0. The van der Waals surface area contributed by atoms with Crippen molar-refractivity contribution in [3.8, 4) is 0 Å². The molecule has 1 aromatic carbocycles. The SMILES string of the molecule is CC1OCCC1(O)CNCc1ccc(C(N)=O)cc1F. The van der Waals surface area contributed by atoms with E-state index in [1.165, 1.54) is 12.1 Å². The molecular formula is C14H19FN2O3. The van der Waals surface area contributed by atoms with Crippen molar-refractivity contribution in [2.24, 2.45) is 5.73 Å². The minimum absolute atomic E-state index is 0.141. The smallest absolute Gasteiger partial charge is 0.248 e. The Morgan fingerprint density at radius 2 is 2.40 bits per heavy atom. The van der Waals surface area contributed by atoms with Gasteiger partial charge in [0.15, 0.2) is 0 Å². The number of benzene rings is 1. The van der Waals surface area contributed by atoms with E-state index in [1.807, 2.05) is 6.92 Å². The van der Waals surface area contributed by atoms with E-state index in [4.69, 9.17) is 10.5 Å². The van der Waals surface area contributed by atoms with Crippen LogP contribution < -0.4 is 11.1 Å². The molecule has 1 aromatic rings. The molecule has 1 aliphatic rings. The zero-order valence-electron chi connectivity index (χ0n) is 11.4. The van der Waals surface area contributed by atoms with Gasteiger partial charge in [-0.05, 0) is 19.1 Å². The summed E-state index contributed by atoms with van der Waals surface area (Å²) >= 11 is 0. The molecule has 2 unspecified atom stereocenters. The third-order valence-corrected chi connectivity index (χ3v) is 3.74. The van der Waals surface area contributed by atoms with Gasteiger partial charge in [0.1, 0.15) is 11.4 Å². The number of nitrogens with two attached hydrogens (primary N) is 1. The first-order chi connectivity index (χ1) is 9.42. The molecule has 110 valence electrons. The molecule has 5 nitrogen and oxygen atoms in total. The Balaban J connectivity index is 1.93. The molecule has 0 saturated carbocycles. The van der Waals surface area contributed by atoms with Gasteiger partial charge >= 0.3 is 0 Å². The standard InChI is InChI=1S/C14H19FN2O3/c1-9-14(19,4-5-20-9)8-17-7-11-3-2-10(13(16)18)6-12(11)15/h2-3,6,9,17,19H,4-5,7-8H2,1H3,(H2,16,18). The molecule has 2 rings (SSSR count). The lowest BCUT2D eigenvalue weighted by Crippen LogP contribution is -2.45. The Kier molecular flexibility index (Phi) is 4.37. The summed E-state index contributed by atoms with van der Waals surface area (Å²) in [6.45, 7) is 2.93. The molecule has 0 spiro atoms. The van der Waals surface area contributed by atoms with Crippen molar-refractivity contribution in [1.29, 1.82) is 0 Å². The number of primary amides is 1. The molecule has 4 N–H and O–H groups in total. The van der Waals surface area contributed by atoms with Crippen molar-refractivity contribution in [2.45, 2.75) is 31.6 Å². The topological polar surface area (TPSA) is 84.6 Å². The van der Waals surface area contributed by atoms with E-state index in [0.717, 1.165) is 6.07 Å². The molecule has 0 aromatic heterocycles. The number of ether oxygens (including phenoxy) is 1. The van der Waals surface area contributed by atoms with Crippen molar-refractivity contribution in [1.82, 2.24) is 5.32 Å². The monoisotopic (exact) mass is 282 g/mol. The van der Waals surface area contributed by atoms with Gasteiger partial charge in [-0.15, -0.1) is 0 Å². The number of nitrogens with one attached hydrogen (secondary N) is 1. The number of hydrogen-bond donors (Lipinski definition) is 3. The fourth-order valence-corrected chi connectivity index (χ4v) is 2.26. The highest BCUT2D eigenvalue weighted by atomic mass is 19.1. The average molecular weight is 282 g/mol. The highest BCUT2D eigenvalue weighted by molar-refractivity contribution is 5.92. The second-order valence-electron chi connectivity index (χ2n) is 5.14. The Morgan fingerprint density at radius 1 is 1.65 bits per heavy atom. The van der Waals surface area contributed by atoms with Gasteiger partial charge in [-0.25, -0.2) is 4.39 Å². The first-order valence-electron chi connectivity index (χ1n) is 6.55. The summed E-state index contributed by atoms with van der Waals surface area (Å²) in [5.74, 6) is -1.15. The van der Waals surface area contributed by atoms with Crippen LogP contribution in [0.3, 0.4) is 0 Å². The van der Waals surface area contributed by atoms with Crippen molar-refractivity contribution >= 4 is 5.91 Å². The van der Waals surface area contributed by atoms with E-state index in [-0.39, 0.29) is 18.2 Å². The average Bonchev–Trinajstić information content (AvgIpc) is 2.71. The molecule has 1 saturated heterocycles. The fourth-order valence-electron chi connectivity index (χ4n) is 2.26. The first-order valence-corrected chi connectivity index (χ1v) is 6.55. The molecule has 2 atom stereocenters. The summed E-state index contributed by atoms with van der Waals surface area (Å²) in [5, 5.41) is 13.3. The molecule has 1 fully saturated rings. The van der Waals surface area contributed by atoms with Crippen LogP contribution in [0.4, 0.5) is 4.39 Å². The third-order valence-electron chi connectivity index (χ3n) is 3.74. The summed E-state index contributed by atoms with van der Waals surface area (Å²) in [6, 6.07) is 4.12. The zero-order chi connectivity index (χ0) is 14.8.